The lowest BCUT2D eigenvalue weighted by atomic mass is 10.0. The molecule has 0 spiro atoms. The van der Waals surface area contributed by atoms with E-state index >= 15 is 0 Å². The molecule has 1 atom stereocenters. The third-order valence-corrected chi connectivity index (χ3v) is 3.17. The molecular weight excluding hydrogens is 232 g/mol. The van der Waals surface area contributed by atoms with Gasteiger partial charge in [0.25, 0.3) is 0 Å². The molecule has 0 fully saturated rings. The quantitative estimate of drug-likeness (QED) is 0.714. The summed E-state index contributed by atoms with van der Waals surface area (Å²) in [7, 11) is 0. The summed E-state index contributed by atoms with van der Waals surface area (Å²) in [5.41, 5.74) is 3.73. The van der Waals surface area contributed by atoms with E-state index in [4.69, 9.17) is 4.74 Å². The maximum atomic E-state index is 6.07. The Morgan fingerprint density at radius 1 is 1.05 bits per heavy atom. The lowest BCUT2D eigenvalue weighted by molar-refractivity contribution is 0.0344. The fraction of sp³-hybridized carbons (Fsp3) is 0.278. The van der Waals surface area contributed by atoms with Gasteiger partial charge in [-0.15, -0.1) is 0 Å². The van der Waals surface area contributed by atoms with Crippen molar-refractivity contribution in [1.82, 2.24) is 0 Å². The standard InChI is InChI=1S/C18H21O/c1-3-8-18(17-12-7-9-15(2)13-17)19-14-16-10-5-4-6-11-16/h4-7,9-13,18H,1,3,8,14H2,2H3. The first-order valence-electron chi connectivity index (χ1n) is 6.81. The zero-order valence-electron chi connectivity index (χ0n) is 11.5. The van der Waals surface area contributed by atoms with E-state index in [0.717, 1.165) is 12.8 Å². The van der Waals surface area contributed by atoms with Gasteiger partial charge in [0.1, 0.15) is 0 Å². The summed E-state index contributed by atoms with van der Waals surface area (Å²) >= 11 is 0. The van der Waals surface area contributed by atoms with Gasteiger partial charge in [0.2, 0.25) is 0 Å². The molecule has 1 nitrogen and oxygen atoms in total. The molecular formula is C18H21O. The van der Waals surface area contributed by atoms with Gasteiger partial charge in [0.05, 0.1) is 12.7 Å². The van der Waals surface area contributed by atoms with E-state index in [9.17, 15) is 0 Å². The van der Waals surface area contributed by atoms with Crippen LogP contribution in [0, 0.1) is 13.8 Å². The minimum atomic E-state index is 0.137. The Hall–Kier alpha value is -1.60. The Balaban J connectivity index is 2.04. The Kier molecular flexibility index (Phi) is 5.17. The average Bonchev–Trinajstić information content (AvgIpc) is 2.44. The van der Waals surface area contributed by atoms with Gasteiger partial charge >= 0.3 is 0 Å². The molecule has 2 rings (SSSR count). The van der Waals surface area contributed by atoms with Crippen molar-refractivity contribution >= 4 is 0 Å². The summed E-state index contributed by atoms with van der Waals surface area (Å²) in [5.74, 6) is 0. The topological polar surface area (TPSA) is 9.23 Å². The van der Waals surface area contributed by atoms with Crippen molar-refractivity contribution in [3.8, 4) is 0 Å². The maximum Gasteiger partial charge on any atom is 0.0829 e. The smallest absolute Gasteiger partial charge is 0.0829 e. The lowest BCUT2D eigenvalue weighted by Crippen LogP contribution is -2.04. The van der Waals surface area contributed by atoms with Gasteiger partial charge in [-0.2, -0.15) is 0 Å². The van der Waals surface area contributed by atoms with E-state index in [2.05, 4.69) is 50.2 Å². The SMILES string of the molecule is [CH2]CCC(OCc1ccccc1)c1cccc(C)c1. The van der Waals surface area contributed by atoms with Crippen LogP contribution in [-0.4, -0.2) is 0 Å². The van der Waals surface area contributed by atoms with Crippen molar-refractivity contribution in [2.45, 2.75) is 32.5 Å². The molecule has 1 radical (unpaired) electrons. The van der Waals surface area contributed by atoms with Gasteiger partial charge in [-0.25, -0.2) is 0 Å². The molecule has 1 heteroatoms. The second kappa shape index (κ2) is 7.10. The van der Waals surface area contributed by atoms with Crippen LogP contribution < -0.4 is 0 Å². The molecule has 0 saturated carbocycles. The van der Waals surface area contributed by atoms with Crippen LogP contribution in [0.25, 0.3) is 0 Å². The second-order valence-corrected chi connectivity index (χ2v) is 4.84. The second-order valence-electron chi connectivity index (χ2n) is 4.84. The van der Waals surface area contributed by atoms with Gasteiger partial charge < -0.3 is 4.74 Å². The monoisotopic (exact) mass is 253 g/mol. The first kappa shape index (κ1) is 13.8. The van der Waals surface area contributed by atoms with E-state index in [1.807, 2.05) is 18.2 Å². The van der Waals surface area contributed by atoms with E-state index in [1.54, 1.807) is 0 Å². The Bertz CT molecular complexity index is 490. The van der Waals surface area contributed by atoms with Gasteiger partial charge in [0.15, 0.2) is 0 Å². The van der Waals surface area contributed by atoms with Gasteiger partial charge in [-0.1, -0.05) is 73.5 Å². The third kappa shape index (κ3) is 4.22. The number of aryl methyl sites for hydroxylation is 1. The predicted molar refractivity (Wildman–Crippen MR) is 79.7 cm³/mol. The third-order valence-electron chi connectivity index (χ3n) is 3.17. The normalized spacial score (nSPS) is 12.3. The van der Waals surface area contributed by atoms with E-state index in [-0.39, 0.29) is 6.10 Å². The number of hydrogen-bond donors (Lipinski definition) is 0. The average molecular weight is 253 g/mol. The summed E-state index contributed by atoms with van der Waals surface area (Å²) in [5, 5.41) is 0. The van der Waals surface area contributed by atoms with E-state index in [1.165, 1.54) is 16.7 Å². The highest BCUT2D eigenvalue weighted by atomic mass is 16.5. The molecule has 0 amide bonds. The molecule has 19 heavy (non-hydrogen) atoms. The fourth-order valence-electron chi connectivity index (χ4n) is 2.17. The summed E-state index contributed by atoms with van der Waals surface area (Å²) < 4.78 is 6.07. The van der Waals surface area contributed by atoms with Crippen LogP contribution in [0.1, 0.15) is 35.6 Å². The van der Waals surface area contributed by atoms with E-state index in [0.29, 0.717) is 6.61 Å². The molecule has 0 aliphatic carbocycles. The van der Waals surface area contributed by atoms with Crippen LogP contribution in [0.5, 0.6) is 0 Å². The maximum absolute atomic E-state index is 6.07. The lowest BCUT2D eigenvalue weighted by Gasteiger charge is -2.18. The minimum Gasteiger partial charge on any atom is -0.369 e. The van der Waals surface area contributed by atoms with Crippen molar-refractivity contribution < 1.29 is 4.74 Å². The molecule has 2 aromatic carbocycles. The highest BCUT2D eigenvalue weighted by Gasteiger charge is 2.11. The molecule has 0 aliphatic rings. The molecule has 0 saturated heterocycles. The first-order valence-corrected chi connectivity index (χ1v) is 6.81. The van der Waals surface area contributed by atoms with Crippen molar-refractivity contribution in [3.05, 3.63) is 78.2 Å². The molecule has 0 aromatic heterocycles. The van der Waals surface area contributed by atoms with Gasteiger partial charge in [-0.05, 0) is 24.5 Å². The van der Waals surface area contributed by atoms with Gasteiger partial charge in [0, 0.05) is 0 Å². The van der Waals surface area contributed by atoms with E-state index < -0.39 is 0 Å². The number of hydrogen-bond acceptors (Lipinski definition) is 1. The first-order chi connectivity index (χ1) is 9.29. The summed E-state index contributed by atoms with van der Waals surface area (Å²) in [6, 6.07) is 18.8. The highest BCUT2D eigenvalue weighted by Crippen LogP contribution is 2.24. The Morgan fingerprint density at radius 2 is 1.84 bits per heavy atom. The summed E-state index contributed by atoms with van der Waals surface area (Å²) in [4.78, 5) is 0. The zero-order chi connectivity index (χ0) is 13.5. The molecule has 0 aliphatic heterocycles. The molecule has 99 valence electrons. The number of benzene rings is 2. The molecule has 0 N–H and O–H groups in total. The Morgan fingerprint density at radius 3 is 2.53 bits per heavy atom. The number of ether oxygens (including phenoxy) is 1. The number of rotatable bonds is 6. The fourth-order valence-corrected chi connectivity index (χ4v) is 2.17. The molecule has 2 aromatic rings. The Labute approximate surface area is 116 Å². The summed E-state index contributed by atoms with van der Waals surface area (Å²) in [6.07, 6.45) is 1.97. The molecule has 1 unspecified atom stereocenters. The molecule has 0 bridgehead atoms. The summed E-state index contributed by atoms with van der Waals surface area (Å²) in [6.45, 7) is 6.71. The van der Waals surface area contributed by atoms with Crippen LogP contribution in [0.3, 0.4) is 0 Å². The predicted octanol–water partition coefficient (Wildman–Crippen LogP) is 4.87. The molecule has 0 heterocycles. The van der Waals surface area contributed by atoms with Crippen LogP contribution in [-0.2, 0) is 11.3 Å². The van der Waals surface area contributed by atoms with Crippen molar-refractivity contribution in [2.75, 3.05) is 0 Å². The van der Waals surface area contributed by atoms with Crippen LogP contribution >= 0.6 is 0 Å². The van der Waals surface area contributed by atoms with Crippen molar-refractivity contribution in [3.63, 3.8) is 0 Å². The van der Waals surface area contributed by atoms with Crippen molar-refractivity contribution in [1.29, 1.82) is 0 Å². The minimum absolute atomic E-state index is 0.137. The van der Waals surface area contributed by atoms with Crippen LogP contribution in [0.2, 0.25) is 0 Å². The van der Waals surface area contributed by atoms with Crippen molar-refractivity contribution in [2.24, 2.45) is 0 Å². The van der Waals surface area contributed by atoms with Crippen LogP contribution in [0.15, 0.2) is 54.6 Å². The largest absolute Gasteiger partial charge is 0.369 e. The van der Waals surface area contributed by atoms with Gasteiger partial charge in [-0.3, -0.25) is 0 Å². The highest BCUT2D eigenvalue weighted by molar-refractivity contribution is 5.24. The van der Waals surface area contributed by atoms with Crippen LogP contribution in [0.4, 0.5) is 0 Å². The zero-order valence-corrected chi connectivity index (χ0v) is 11.5.